The highest BCUT2D eigenvalue weighted by Gasteiger charge is 2.05. The average molecular weight is 325 g/mol. The Morgan fingerprint density at radius 3 is 2.74 bits per heavy atom. The molecule has 3 nitrogen and oxygen atoms in total. The van der Waals surface area contributed by atoms with Crippen LogP contribution in [0.2, 0.25) is 0 Å². The summed E-state index contributed by atoms with van der Waals surface area (Å²) in [5, 5.41) is 7.93. The highest BCUT2D eigenvalue weighted by atomic mass is 79.9. The first-order chi connectivity index (χ1) is 9.16. The fourth-order valence-electron chi connectivity index (χ4n) is 1.95. The number of halogens is 1. The molecule has 0 saturated heterocycles. The van der Waals surface area contributed by atoms with E-state index in [2.05, 4.69) is 52.5 Å². The maximum atomic E-state index is 5.81. The van der Waals surface area contributed by atoms with Gasteiger partial charge in [-0.3, -0.25) is 0 Å². The second-order valence-electron chi connectivity index (χ2n) is 5.15. The summed E-state index contributed by atoms with van der Waals surface area (Å²) in [5.41, 5.74) is 0.928. The number of rotatable bonds is 7. The summed E-state index contributed by atoms with van der Waals surface area (Å²) in [5.74, 6) is 1.68. The van der Waals surface area contributed by atoms with Crippen molar-refractivity contribution in [1.29, 1.82) is 0 Å². The Morgan fingerprint density at radius 2 is 2.00 bits per heavy atom. The van der Waals surface area contributed by atoms with Crippen LogP contribution in [0.25, 0.3) is 11.0 Å². The van der Waals surface area contributed by atoms with Crippen LogP contribution in [0.3, 0.4) is 0 Å². The predicted molar refractivity (Wildman–Crippen MR) is 83.3 cm³/mol. The Morgan fingerprint density at radius 1 is 1.21 bits per heavy atom. The van der Waals surface area contributed by atoms with Crippen molar-refractivity contribution in [2.45, 2.75) is 20.4 Å². The normalized spacial score (nSPS) is 11.6. The summed E-state index contributed by atoms with van der Waals surface area (Å²) in [6.07, 6.45) is 0. The zero-order valence-electron chi connectivity index (χ0n) is 11.5. The molecule has 0 amide bonds. The Balaban J connectivity index is 1.77. The highest BCUT2D eigenvalue weighted by Crippen LogP contribution is 2.26. The minimum Gasteiger partial charge on any atom is -0.459 e. The van der Waals surface area contributed by atoms with Gasteiger partial charge in [0.05, 0.1) is 11.0 Å². The van der Waals surface area contributed by atoms with E-state index in [1.54, 1.807) is 0 Å². The van der Waals surface area contributed by atoms with E-state index in [4.69, 9.17) is 4.42 Å². The van der Waals surface area contributed by atoms with Gasteiger partial charge >= 0.3 is 0 Å². The third kappa shape index (κ3) is 4.34. The third-order valence-electron chi connectivity index (χ3n) is 2.88. The largest absolute Gasteiger partial charge is 0.459 e. The number of para-hydroxylation sites is 1. The molecule has 0 aliphatic carbocycles. The Labute approximate surface area is 122 Å². The first-order valence-corrected chi connectivity index (χ1v) is 7.54. The van der Waals surface area contributed by atoms with Gasteiger partial charge in [-0.15, -0.1) is 0 Å². The lowest BCUT2D eigenvalue weighted by Crippen LogP contribution is -2.29. The maximum absolute atomic E-state index is 5.81. The van der Waals surface area contributed by atoms with E-state index >= 15 is 0 Å². The van der Waals surface area contributed by atoms with Gasteiger partial charge in [-0.2, -0.15) is 0 Å². The van der Waals surface area contributed by atoms with Gasteiger partial charge in [-0.05, 0) is 40.5 Å². The number of fused-ring (bicyclic) bond motifs is 1. The van der Waals surface area contributed by atoms with Gasteiger partial charge in [0, 0.05) is 18.5 Å². The predicted octanol–water partition coefficient (Wildman–Crippen LogP) is 3.53. The van der Waals surface area contributed by atoms with E-state index in [1.807, 2.05) is 12.1 Å². The van der Waals surface area contributed by atoms with Crippen LogP contribution in [0.4, 0.5) is 0 Å². The molecule has 1 aromatic carbocycles. The molecular weight excluding hydrogens is 304 g/mol. The highest BCUT2D eigenvalue weighted by molar-refractivity contribution is 9.10. The van der Waals surface area contributed by atoms with Crippen molar-refractivity contribution in [2.24, 2.45) is 5.92 Å². The van der Waals surface area contributed by atoms with Crippen LogP contribution in [0.1, 0.15) is 19.6 Å². The minimum atomic E-state index is 0.702. The summed E-state index contributed by atoms with van der Waals surface area (Å²) in [6, 6.07) is 8.18. The van der Waals surface area contributed by atoms with Crippen molar-refractivity contribution in [1.82, 2.24) is 10.6 Å². The molecule has 0 bridgehead atoms. The molecule has 19 heavy (non-hydrogen) atoms. The smallest absolute Gasteiger partial charge is 0.148 e. The minimum absolute atomic E-state index is 0.702. The lowest BCUT2D eigenvalue weighted by Gasteiger charge is -2.07. The SMILES string of the molecule is CC(C)CNCCNCc1cc2cccc(Br)c2o1. The summed E-state index contributed by atoms with van der Waals surface area (Å²) in [6.45, 7) is 8.20. The second-order valence-corrected chi connectivity index (χ2v) is 6.00. The fraction of sp³-hybridized carbons (Fsp3) is 0.467. The summed E-state index contributed by atoms with van der Waals surface area (Å²) >= 11 is 3.50. The molecule has 0 spiro atoms. The molecule has 2 N–H and O–H groups in total. The first kappa shape index (κ1) is 14.6. The maximum Gasteiger partial charge on any atom is 0.148 e. The topological polar surface area (TPSA) is 37.2 Å². The van der Waals surface area contributed by atoms with Crippen LogP contribution in [-0.4, -0.2) is 19.6 Å². The number of benzene rings is 1. The van der Waals surface area contributed by atoms with Crippen molar-refractivity contribution in [3.63, 3.8) is 0 Å². The van der Waals surface area contributed by atoms with Gasteiger partial charge in [-0.1, -0.05) is 26.0 Å². The Kier molecular flexibility index (Phi) is 5.43. The molecule has 4 heteroatoms. The van der Waals surface area contributed by atoms with E-state index < -0.39 is 0 Å². The van der Waals surface area contributed by atoms with Crippen LogP contribution < -0.4 is 10.6 Å². The van der Waals surface area contributed by atoms with Gasteiger partial charge in [0.2, 0.25) is 0 Å². The van der Waals surface area contributed by atoms with Crippen LogP contribution in [0, 0.1) is 5.92 Å². The number of nitrogens with one attached hydrogen (secondary N) is 2. The van der Waals surface area contributed by atoms with E-state index in [-0.39, 0.29) is 0 Å². The van der Waals surface area contributed by atoms with Gasteiger partial charge in [-0.25, -0.2) is 0 Å². The molecule has 0 radical (unpaired) electrons. The summed E-state index contributed by atoms with van der Waals surface area (Å²) in [7, 11) is 0. The van der Waals surface area contributed by atoms with Gasteiger partial charge in [0.1, 0.15) is 11.3 Å². The van der Waals surface area contributed by atoms with Crippen molar-refractivity contribution < 1.29 is 4.42 Å². The second kappa shape index (κ2) is 7.08. The molecule has 2 aromatic rings. The summed E-state index contributed by atoms with van der Waals surface area (Å²) < 4.78 is 6.82. The number of hydrogen-bond donors (Lipinski definition) is 2. The van der Waals surface area contributed by atoms with E-state index in [0.717, 1.165) is 47.4 Å². The molecule has 0 unspecified atom stereocenters. The van der Waals surface area contributed by atoms with E-state index in [9.17, 15) is 0 Å². The molecule has 0 atom stereocenters. The standard InChI is InChI=1S/C15H21BrN2O/c1-11(2)9-17-6-7-18-10-13-8-12-4-3-5-14(16)15(12)19-13/h3-5,8,11,17-18H,6-7,9-10H2,1-2H3. The van der Waals surface area contributed by atoms with Gasteiger partial charge < -0.3 is 15.1 Å². The van der Waals surface area contributed by atoms with E-state index in [0.29, 0.717) is 5.92 Å². The van der Waals surface area contributed by atoms with Crippen LogP contribution in [-0.2, 0) is 6.54 Å². The molecule has 0 fully saturated rings. The number of furan rings is 1. The molecule has 0 aliphatic heterocycles. The average Bonchev–Trinajstić information content (AvgIpc) is 2.78. The van der Waals surface area contributed by atoms with Crippen LogP contribution >= 0.6 is 15.9 Å². The lowest BCUT2D eigenvalue weighted by molar-refractivity contribution is 0.496. The number of hydrogen-bond acceptors (Lipinski definition) is 3. The molecule has 0 saturated carbocycles. The molecule has 2 rings (SSSR count). The Bertz CT molecular complexity index is 522. The molecular formula is C15H21BrN2O. The molecule has 104 valence electrons. The van der Waals surface area contributed by atoms with Gasteiger partial charge in [0.25, 0.3) is 0 Å². The fourth-order valence-corrected chi connectivity index (χ4v) is 2.41. The summed E-state index contributed by atoms with van der Waals surface area (Å²) in [4.78, 5) is 0. The third-order valence-corrected chi connectivity index (χ3v) is 3.50. The van der Waals surface area contributed by atoms with Crippen molar-refractivity contribution >= 4 is 26.9 Å². The Hall–Kier alpha value is -0.840. The zero-order chi connectivity index (χ0) is 13.7. The van der Waals surface area contributed by atoms with Gasteiger partial charge in [0.15, 0.2) is 0 Å². The molecule has 0 aliphatic rings. The van der Waals surface area contributed by atoms with Crippen LogP contribution in [0.15, 0.2) is 33.2 Å². The van der Waals surface area contributed by atoms with E-state index in [1.165, 1.54) is 0 Å². The van der Waals surface area contributed by atoms with Crippen LogP contribution in [0.5, 0.6) is 0 Å². The first-order valence-electron chi connectivity index (χ1n) is 6.75. The molecule has 1 heterocycles. The van der Waals surface area contributed by atoms with Crippen molar-refractivity contribution in [2.75, 3.05) is 19.6 Å². The quantitative estimate of drug-likeness (QED) is 0.765. The van der Waals surface area contributed by atoms with Crippen molar-refractivity contribution in [3.8, 4) is 0 Å². The zero-order valence-corrected chi connectivity index (χ0v) is 13.1. The molecule has 1 aromatic heterocycles. The monoisotopic (exact) mass is 324 g/mol. The lowest BCUT2D eigenvalue weighted by atomic mass is 10.2. The van der Waals surface area contributed by atoms with Crippen molar-refractivity contribution in [3.05, 3.63) is 34.5 Å².